The molecular weight excluding hydrogens is 246 g/mol. The number of rotatable bonds is 4. The maximum atomic E-state index is 12.0. The second-order valence-electron chi connectivity index (χ2n) is 4.99. The summed E-state index contributed by atoms with van der Waals surface area (Å²) in [4.78, 5) is 22.9. The molecule has 1 fully saturated rings. The molecule has 2 unspecified atom stereocenters. The van der Waals surface area contributed by atoms with E-state index < -0.39 is 5.97 Å². The van der Waals surface area contributed by atoms with Crippen LogP contribution in [0.3, 0.4) is 0 Å². The molecular formula is C14H19NO4. The molecule has 1 aromatic rings. The van der Waals surface area contributed by atoms with Gasteiger partial charge in [-0.25, -0.2) is 0 Å². The molecule has 1 saturated carbocycles. The van der Waals surface area contributed by atoms with Crippen LogP contribution in [0.1, 0.15) is 48.9 Å². The van der Waals surface area contributed by atoms with Crippen LogP contribution in [0, 0.1) is 5.92 Å². The van der Waals surface area contributed by atoms with E-state index in [9.17, 15) is 9.59 Å². The number of carboxylic acids is 1. The zero-order valence-corrected chi connectivity index (χ0v) is 11.0. The van der Waals surface area contributed by atoms with Gasteiger partial charge < -0.3 is 14.8 Å². The van der Waals surface area contributed by atoms with Gasteiger partial charge in [-0.1, -0.05) is 13.3 Å². The van der Waals surface area contributed by atoms with Crippen LogP contribution in [-0.4, -0.2) is 23.0 Å². The fraction of sp³-hybridized carbons (Fsp3) is 0.571. The molecule has 0 bridgehead atoms. The van der Waals surface area contributed by atoms with Crippen LogP contribution in [0.5, 0.6) is 0 Å². The molecule has 1 amide bonds. The average molecular weight is 265 g/mol. The van der Waals surface area contributed by atoms with E-state index >= 15 is 0 Å². The number of aryl methyl sites for hydroxylation is 1. The summed E-state index contributed by atoms with van der Waals surface area (Å²) in [6, 6.07) is 3.37. The van der Waals surface area contributed by atoms with Crippen molar-refractivity contribution in [3.8, 4) is 0 Å². The largest absolute Gasteiger partial charge is 0.481 e. The molecule has 5 nitrogen and oxygen atoms in total. The summed E-state index contributed by atoms with van der Waals surface area (Å²) in [6.07, 6.45) is 3.61. The quantitative estimate of drug-likeness (QED) is 0.874. The third-order valence-corrected chi connectivity index (χ3v) is 3.59. The Labute approximate surface area is 112 Å². The third-order valence-electron chi connectivity index (χ3n) is 3.59. The van der Waals surface area contributed by atoms with Crippen molar-refractivity contribution in [2.24, 2.45) is 5.92 Å². The molecule has 1 aromatic heterocycles. The van der Waals surface area contributed by atoms with E-state index in [1.807, 2.05) is 6.92 Å². The van der Waals surface area contributed by atoms with E-state index in [4.69, 9.17) is 9.52 Å². The molecule has 104 valence electrons. The Kier molecular flexibility index (Phi) is 4.24. The maximum Gasteiger partial charge on any atom is 0.306 e. The van der Waals surface area contributed by atoms with Gasteiger partial charge in [0.1, 0.15) is 5.76 Å². The van der Waals surface area contributed by atoms with Crippen molar-refractivity contribution in [3.63, 3.8) is 0 Å². The first-order valence-electron chi connectivity index (χ1n) is 6.72. The number of aliphatic carboxylic acids is 1. The number of carbonyl (C=O) groups excluding carboxylic acids is 1. The van der Waals surface area contributed by atoms with Gasteiger partial charge in [0.25, 0.3) is 5.91 Å². The molecule has 1 heterocycles. The summed E-state index contributed by atoms with van der Waals surface area (Å²) in [7, 11) is 0. The predicted octanol–water partition coefficient (Wildman–Crippen LogP) is 2.22. The fourth-order valence-electron chi connectivity index (χ4n) is 2.49. The minimum atomic E-state index is -0.773. The van der Waals surface area contributed by atoms with Crippen molar-refractivity contribution in [3.05, 3.63) is 23.7 Å². The van der Waals surface area contributed by atoms with E-state index in [2.05, 4.69) is 5.32 Å². The van der Waals surface area contributed by atoms with Crippen molar-refractivity contribution < 1.29 is 19.1 Å². The molecule has 5 heteroatoms. The number of hydrogen-bond acceptors (Lipinski definition) is 3. The second-order valence-corrected chi connectivity index (χ2v) is 4.99. The minimum Gasteiger partial charge on any atom is -0.481 e. The summed E-state index contributed by atoms with van der Waals surface area (Å²) < 4.78 is 5.38. The maximum absolute atomic E-state index is 12.0. The van der Waals surface area contributed by atoms with E-state index in [1.54, 1.807) is 12.1 Å². The lowest BCUT2D eigenvalue weighted by molar-refractivity contribution is -0.143. The first kappa shape index (κ1) is 13.6. The molecule has 2 atom stereocenters. The van der Waals surface area contributed by atoms with Crippen LogP contribution in [0.4, 0.5) is 0 Å². The number of furan rings is 1. The van der Waals surface area contributed by atoms with Crippen LogP contribution in [0.15, 0.2) is 16.5 Å². The topological polar surface area (TPSA) is 79.5 Å². The summed E-state index contributed by atoms with van der Waals surface area (Å²) in [5.74, 6) is -0.297. The molecule has 0 aliphatic heterocycles. The van der Waals surface area contributed by atoms with Gasteiger partial charge in [0.15, 0.2) is 5.76 Å². The van der Waals surface area contributed by atoms with E-state index in [1.165, 1.54) is 0 Å². The Bertz CT molecular complexity index is 466. The Morgan fingerprint density at radius 2 is 2.21 bits per heavy atom. The first-order chi connectivity index (χ1) is 9.10. The zero-order chi connectivity index (χ0) is 13.8. The summed E-state index contributed by atoms with van der Waals surface area (Å²) in [5, 5.41) is 11.9. The highest BCUT2D eigenvalue weighted by Crippen LogP contribution is 2.24. The molecule has 0 radical (unpaired) electrons. The van der Waals surface area contributed by atoms with E-state index in [0.29, 0.717) is 18.6 Å². The smallest absolute Gasteiger partial charge is 0.306 e. The number of carboxylic acid groups (broad SMARTS) is 1. The zero-order valence-electron chi connectivity index (χ0n) is 11.0. The van der Waals surface area contributed by atoms with Crippen LogP contribution in [0.25, 0.3) is 0 Å². The van der Waals surface area contributed by atoms with Crippen LogP contribution in [0.2, 0.25) is 0 Å². The molecule has 19 heavy (non-hydrogen) atoms. The SMILES string of the molecule is CCc1ccc(C(=O)NC2CCCC(C(=O)O)C2)o1. The standard InChI is InChI=1S/C14H19NO4/c1-2-11-6-7-12(19-11)13(16)15-10-5-3-4-9(8-10)14(17)18/h6-7,9-10H,2-5,8H2,1H3,(H,15,16)(H,17,18). The lowest BCUT2D eigenvalue weighted by Crippen LogP contribution is -2.39. The van der Waals surface area contributed by atoms with Gasteiger partial charge in [0.05, 0.1) is 5.92 Å². The highest BCUT2D eigenvalue weighted by atomic mass is 16.4. The van der Waals surface area contributed by atoms with Gasteiger partial charge in [-0.05, 0) is 31.4 Å². The van der Waals surface area contributed by atoms with Crippen molar-refractivity contribution in [1.82, 2.24) is 5.32 Å². The van der Waals surface area contributed by atoms with E-state index in [0.717, 1.165) is 25.0 Å². The second kappa shape index (κ2) is 5.91. The van der Waals surface area contributed by atoms with Crippen molar-refractivity contribution >= 4 is 11.9 Å². The highest BCUT2D eigenvalue weighted by molar-refractivity contribution is 5.91. The Hall–Kier alpha value is -1.78. The van der Waals surface area contributed by atoms with Gasteiger partial charge in [0, 0.05) is 12.5 Å². The Morgan fingerprint density at radius 1 is 1.42 bits per heavy atom. The van der Waals surface area contributed by atoms with Crippen molar-refractivity contribution in [2.75, 3.05) is 0 Å². The lowest BCUT2D eigenvalue weighted by Gasteiger charge is -2.26. The number of carbonyl (C=O) groups is 2. The lowest BCUT2D eigenvalue weighted by atomic mass is 9.86. The Balaban J connectivity index is 1.93. The molecule has 0 saturated heterocycles. The summed E-state index contributed by atoms with van der Waals surface area (Å²) >= 11 is 0. The molecule has 0 aromatic carbocycles. The van der Waals surface area contributed by atoms with Gasteiger partial charge in [-0.2, -0.15) is 0 Å². The molecule has 1 aliphatic carbocycles. The van der Waals surface area contributed by atoms with Gasteiger partial charge in [-0.15, -0.1) is 0 Å². The minimum absolute atomic E-state index is 0.0717. The van der Waals surface area contributed by atoms with Gasteiger partial charge >= 0.3 is 5.97 Å². The fourth-order valence-corrected chi connectivity index (χ4v) is 2.49. The Morgan fingerprint density at radius 3 is 2.84 bits per heavy atom. The number of nitrogens with one attached hydrogen (secondary N) is 1. The molecule has 2 N–H and O–H groups in total. The summed E-state index contributed by atoms with van der Waals surface area (Å²) in [6.45, 7) is 1.96. The molecule has 0 spiro atoms. The monoisotopic (exact) mass is 265 g/mol. The third kappa shape index (κ3) is 3.36. The van der Waals surface area contributed by atoms with Crippen LogP contribution in [-0.2, 0) is 11.2 Å². The van der Waals surface area contributed by atoms with Crippen molar-refractivity contribution in [2.45, 2.75) is 45.1 Å². The number of amides is 1. The molecule has 2 rings (SSSR count). The summed E-state index contributed by atoms with van der Waals surface area (Å²) in [5.41, 5.74) is 0. The van der Waals surface area contributed by atoms with Crippen molar-refractivity contribution in [1.29, 1.82) is 0 Å². The van der Waals surface area contributed by atoms with E-state index in [-0.39, 0.29) is 17.9 Å². The normalized spacial score (nSPS) is 23.0. The van der Waals surface area contributed by atoms with Gasteiger partial charge in [-0.3, -0.25) is 9.59 Å². The molecule has 1 aliphatic rings. The van der Waals surface area contributed by atoms with Crippen LogP contribution >= 0.6 is 0 Å². The highest BCUT2D eigenvalue weighted by Gasteiger charge is 2.28. The van der Waals surface area contributed by atoms with Crippen LogP contribution < -0.4 is 5.32 Å². The predicted molar refractivity (Wildman–Crippen MR) is 68.9 cm³/mol. The number of hydrogen-bond donors (Lipinski definition) is 2. The average Bonchev–Trinajstić information content (AvgIpc) is 2.88. The first-order valence-corrected chi connectivity index (χ1v) is 6.72. The van der Waals surface area contributed by atoms with Gasteiger partial charge in [0.2, 0.25) is 0 Å².